The summed E-state index contributed by atoms with van der Waals surface area (Å²) in [6, 6.07) is 13.2. The van der Waals surface area contributed by atoms with Crippen molar-refractivity contribution in [2.45, 2.75) is 0 Å². The number of benzene rings is 2. The lowest BCUT2D eigenvalue weighted by Crippen LogP contribution is -2.30. The Kier molecular flexibility index (Phi) is 4.77. The van der Waals surface area contributed by atoms with Gasteiger partial charge in [0.25, 0.3) is 11.5 Å². The number of imidazole rings is 1. The van der Waals surface area contributed by atoms with Gasteiger partial charge in [0.2, 0.25) is 11.7 Å². The van der Waals surface area contributed by atoms with E-state index in [0.717, 1.165) is 4.40 Å². The molecule has 2 aromatic heterocycles. The molecule has 2 aromatic carbocycles. The number of fused-ring (bicyclic) bond motifs is 1. The van der Waals surface area contributed by atoms with Crippen LogP contribution in [0.25, 0.3) is 5.78 Å². The number of hydrogen-bond donors (Lipinski definition) is 1. The van der Waals surface area contributed by atoms with Gasteiger partial charge in [-0.3, -0.25) is 14.6 Å². The van der Waals surface area contributed by atoms with Crippen molar-refractivity contribution in [3.8, 4) is 11.6 Å². The van der Waals surface area contributed by atoms with Crippen LogP contribution in [0.1, 0.15) is 10.5 Å². The highest BCUT2D eigenvalue weighted by Gasteiger charge is 2.26. The second kappa shape index (κ2) is 7.40. The van der Waals surface area contributed by atoms with Crippen molar-refractivity contribution >= 4 is 29.0 Å². The Morgan fingerprint density at radius 1 is 1.14 bits per heavy atom. The lowest BCUT2D eigenvalue weighted by molar-refractivity contribution is 0.0984. The summed E-state index contributed by atoms with van der Waals surface area (Å²) in [5, 5.41) is 0.530. The van der Waals surface area contributed by atoms with E-state index in [-0.39, 0.29) is 23.1 Å². The van der Waals surface area contributed by atoms with E-state index in [1.807, 2.05) is 0 Å². The molecule has 0 unspecified atom stereocenters. The van der Waals surface area contributed by atoms with E-state index in [1.54, 1.807) is 31.3 Å². The molecule has 2 heterocycles. The summed E-state index contributed by atoms with van der Waals surface area (Å²) < 4.78 is 20.1. The van der Waals surface area contributed by atoms with Crippen LogP contribution in [0.4, 0.5) is 10.1 Å². The standard InChI is InChI=1S/C20H14ClFN4O3/c1-25(14-6-2-12(21)3-7-14)19(28)17-18(29-15-8-4-13(22)5-9-15)24-20-23-11-10-16(27)26(17)20/h2-11H,1H3,(H,23,24). The summed E-state index contributed by atoms with van der Waals surface area (Å²) in [5.41, 5.74) is 0.0753. The minimum absolute atomic E-state index is 0.0122. The molecule has 29 heavy (non-hydrogen) atoms. The van der Waals surface area contributed by atoms with Crippen LogP contribution in [0.5, 0.6) is 11.6 Å². The fraction of sp³-hybridized carbons (Fsp3) is 0.0500. The quantitative estimate of drug-likeness (QED) is 0.551. The number of carbonyl (C=O) groups is 1. The van der Waals surface area contributed by atoms with Crippen LogP contribution >= 0.6 is 11.6 Å². The summed E-state index contributed by atoms with van der Waals surface area (Å²) in [6.07, 6.45) is 1.33. The third-order valence-electron chi connectivity index (χ3n) is 4.26. The summed E-state index contributed by atoms with van der Waals surface area (Å²) in [7, 11) is 1.56. The second-order valence-electron chi connectivity index (χ2n) is 6.14. The Hall–Kier alpha value is -3.65. The van der Waals surface area contributed by atoms with E-state index in [0.29, 0.717) is 10.7 Å². The average Bonchev–Trinajstić information content (AvgIpc) is 3.08. The maximum absolute atomic E-state index is 13.3. The topological polar surface area (TPSA) is 79.7 Å². The molecule has 0 fully saturated rings. The van der Waals surface area contributed by atoms with Gasteiger partial charge in [0, 0.05) is 30.0 Å². The molecular formula is C20H14ClFN4O3. The average molecular weight is 413 g/mol. The smallest absolute Gasteiger partial charge is 0.280 e. The van der Waals surface area contributed by atoms with Crippen molar-refractivity contribution in [1.82, 2.24) is 14.4 Å². The zero-order valence-electron chi connectivity index (χ0n) is 15.1. The van der Waals surface area contributed by atoms with E-state index in [4.69, 9.17) is 16.3 Å². The Morgan fingerprint density at radius 2 is 1.83 bits per heavy atom. The van der Waals surface area contributed by atoms with Crippen LogP contribution in [0.2, 0.25) is 5.02 Å². The van der Waals surface area contributed by atoms with Gasteiger partial charge in [0.1, 0.15) is 11.6 Å². The monoisotopic (exact) mass is 412 g/mol. The van der Waals surface area contributed by atoms with Gasteiger partial charge in [-0.15, -0.1) is 0 Å². The first-order valence-corrected chi connectivity index (χ1v) is 8.88. The maximum atomic E-state index is 13.3. The number of amides is 1. The lowest BCUT2D eigenvalue weighted by atomic mass is 10.2. The molecule has 146 valence electrons. The Balaban J connectivity index is 1.82. The van der Waals surface area contributed by atoms with Crippen molar-refractivity contribution < 1.29 is 13.9 Å². The number of hydrogen-bond acceptors (Lipinski definition) is 4. The van der Waals surface area contributed by atoms with Crippen molar-refractivity contribution in [2.24, 2.45) is 0 Å². The fourth-order valence-electron chi connectivity index (χ4n) is 2.80. The van der Waals surface area contributed by atoms with Gasteiger partial charge in [-0.2, -0.15) is 0 Å². The van der Waals surface area contributed by atoms with E-state index in [2.05, 4.69) is 9.97 Å². The maximum Gasteiger partial charge on any atom is 0.280 e. The first-order chi connectivity index (χ1) is 13.9. The molecule has 0 saturated heterocycles. The number of carbonyl (C=O) groups excluding carboxylic acids is 1. The third kappa shape index (κ3) is 3.57. The second-order valence-corrected chi connectivity index (χ2v) is 6.58. The molecule has 0 aliphatic carbocycles. The zero-order valence-corrected chi connectivity index (χ0v) is 15.9. The Bertz CT molecular complexity index is 1250. The SMILES string of the molecule is CN(C(=O)c1c(Oc2ccc(F)cc2)[nH]c2nccc(=O)n12)c1ccc(Cl)cc1. The minimum Gasteiger partial charge on any atom is -0.438 e. The Morgan fingerprint density at radius 3 is 2.52 bits per heavy atom. The first-order valence-electron chi connectivity index (χ1n) is 8.51. The highest BCUT2D eigenvalue weighted by molar-refractivity contribution is 6.30. The normalized spacial score (nSPS) is 10.9. The zero-order chi connectivity index (χ0) is 20.5. The van der Waals surface area contributed by atoms with Gasteiger partial charge in [-0.1, -0.05) is 11.6 Å². The van der Waals surface area contributed by atoms with Crippen LogP contribution in [0.15, 0.2) is 65.6 Å². The summed E-state index contributed by atoms with van der Waals surface area (Å²) in [6.45, 7) is 0. The number of H-pyrrole nitrogens is 1. The van der Waals surface area contributed by atoms with Gasteiger partial charge in [0.15, 0.2) is 5.69 Å². The Labute approximate surface area is 168 Å². The molecule has 0 radical (unpaired) electrons. The molecule has 4 aromatic rings. The number of aromatic nitrogens is 3. The van der Waals surface area contributed by atoms with Gasteiger partial charge in [0.05, 0.1) is 0 Å². The highest BCUT2D eigenvalue weighted by atomic mass is 35.5. The molecule has 4 rings (SSSR count). The van der Waals surface area contributed by atoms with Crippen LogP contribution in [0, 0.1) is 5.82 Å². The molecule has 0 bridgehead atoms. The van der Waals surface area contributed by atoms with Gasteiger partial charge in [-0.25, -0.2) is 13.8 Å². The number of nitrogens with one attached hydrogen (secondary N) is 1. The molecule has 0 saturated carbocycles. The van der Waals surface area contributed by atoms with Crippen molar-refractivity contribution in [1.29, 1.82) is 0 Å². The predicted octanol–water partition coefficient (Wildman–Crippen LogP) is 3.88. The number of halogens is 2. The van der Waals surface area contributed by atoms with Crippen LogP contribution < -0.4 is 15.2 Å². The molecule has 0 atom stereocenters. The summed E-state index contributed by atoms with van der Waals surface area (Å²) in [4.78, 5) is 34.0. The van der Waals surface area contributed by atoms with Gasteiger partial charge in [-0.05, 0) is 48.5 Å². The first kappa shape index (κ1) is 18.7. The molecule has 0 aliphatic heterocycles. The van der Waals surface area contributed by atoms with Crippen LogP contribution in [-0.4, -0.2) is 27.3 Å². The number of ether oxygens (including phenoxy) is 1. The van der Waals surface area contributed by atoms with Crippen molar-refractivity contribution in [2.75, 3.05) is 11.9 Å². The predicted molar refractivity (Wildman–Crippen MR) is 106 cm³/mol. The minimum atomic E-state index is -0.509. The number of rotatable bonds is 4. The van der Waals surface area contributed by atoms with Crippen molar-refractivity contribution in [3.63, 3.8) is 0 Å². The number of nitrogens with zero attached hydrogens (tertiary/aromatic N) is 3. The molecule has 7 nitrogen and oxygen atoms in total. The van der Waals surface area contributed by atoms with E-state index in [1.165, 1.54) is 41.4 Å². The lowest BCUT2D eigenvalue weighted by Gasteiger charge is -2.17. The number of aromatic amines is 1. The third-order valence-corrected chi connectivity index (χ3v) is 4.52. The fourth-order valence-corrected chi connectivity index (χ4v) is 2.93. The number of anilines is 1. The van der Waals surface area contributed by atoms with Gasteiger partial charge >= 0.3 is 0 Å². The van der Waals surface area contributed by atoms with Gasteiger partial charge < -0.3 is 9.64 Å². The largest absolute Gasteiger partial charge is 0.438 e. The van der Waals surface area contributed by atoms with E-state index < -0.39 is 17.3 Å². The molecule has 0 spiro atoms. The summed E-state index contributed by atoms with van der Waals surface area (Å²) in [5.74, 6) is -0.494. The van der Waals surface area contributed by atoms with Crippen LogP contribution in [0.3, 0.4) is 0 Å². The van der Waals surface area contributed by atoms with Crippen LogP contribution in [-0.2, 0) is 0 Å². The van der Waals surface area contributed by atoms with Crippen molar-refractivity contribution in [3.05, 3.63) is 87.7 Å². The van der Waals surface area contributed by atoms with E-state index >= 15 is 0 Å². The molecule has 0 aliphatic rings. The molecule has 1 amide bonds. The molecule has 9 heteroatoms. The van der Waals surface area contributed by atoms with E-state index in [9.17, 15) is 14.0 Å². The summed E-state index contributed by atoms with van der Waals surface area (Å²) >= 11 is 5.91. The highest BCUT2D eigenvalue weighted by Crippen LogP contribution is 2.27. The molecule has 1 N–H and O–H groups in total. The molecular weight excluding hydrogens is 399 g/mol.